The molecule has 2 saturated heterocycles. The minimum absolute atomic E-state index is 0.0585. The molecule has 2 fully saturated rings. The smallest absolute Gasteiger partial charge is 0.229 e. The third kappa shape index (κ3) is 5.80. The number of phenols is 1. The van der Waals surface area contributed by atoms with Gasteiger partial charge in [0.2, 0.25) is 6.29 Å². The molecule has 2 aliphatic rings. The van der Waals surface area contributed by atoms with Crippen molar-refractivity contribution in [1.29, 1.82) is 0 Å². The van der Waals surface area contributed by atoms with Gasteiger partial charge in [0.25, 0.3) is 0 Å². The third-order valence-corrected chi connectivity index (χ3v) is 7.05. The molecule has 15 heteroatoms. The van der Waals surface area contributed by atoms with E-state index in [1.807, 2.05) is 0 Å². The molecule has 1 aromatic heterocycles. The second-order valence-electron chi connectivity index (χ2n) is 9.85. The van der Waals surface area contributed by atoms with Crippen LogP contribution in [-0.2, 0) is 14.2 Å². The Labute approximate surface area is 236 Å². The molecule has 2 aromatic carbocycles. The van der Waals surface area contributed by atoms with Crippen LogP contribution in [0.1, 0.15) is 0 Å². The molecule has 10 atom stereocenters. The second kappa shape index (κ2) is 12.1. The van der Waals surface area contributed by atoms with Gasteiger partial charge in [-0.2, -0.15) is 0 Å². The summed E-state index contributed by atoms with van der Waals surface area (Å²) >= 11 is 0. The Morgan fingerprint density at radius 2 is 1.43 bits per heavy atom. The normalized spacial score (nSPS) is 33.4. The topological polar surface area (TPSA) is 238 Å². The first-order chi connectivity index (χ1) is 20.0. The molecule has 0 spiro atoms. The Morgan fingerprint density at radius 3 is 2.12 bits per heavy atom. The van der Waals surface area contributed by atoms with Crippen LogP contribution in [0.3, 0.4) is 0 Å². The van der Waals surface area contributed by atoms with Crippen molar-refractivity contribution in [2.75, 3.05) is 13.7 Å². The molecule has 3 heterocycles. The number of benzene rings is 2. The monoisotopic (exact) mass is 594 g/mol. The van der Waals surface area contributed by atoms with Crippen molar-refractivity contribution in [2.24, 2.45) is 0 Å². The summed E-state index contributed by atoms with van der Waals surface area (Å²) in [6.45, 7) is -0.592. The summed E-state index contributed by atoms with van der Waals surface area (Å²) in [5, 5.41) is 80.9. The molecule has 8 N–H and O–H groups in total. The molecule has 3 aromatic rings. The molecule has 0 saturated carbocycles. The largest absolute Gasteiger partial charge is 0.507 e. The molecule has 10 unspecified atom stereocenters. The molecule has 15 nitrogen and oxygen atoms in total. The Bertz CT molecular complexity index is 1440. The molecule has 2 aliphatic heterocycles. The summed E-state index contributed by atoms with van der Waals surface area (Å²) in [5.41, 5.74) is -0.0456. The SMILES string of the molecule is COc1ccc(-c2cc(=O)c3c(O)cc(OC4OC(COC5OC(O)C(O)C(O)C5O)C(O)C(O)C4O)cc3o2)cc1. The van der Waals surface area contributed by atoms with Crippen LogP contribution in [0, 0.1) is 0 Å². The molecule has 0 bridgehead atoms. The van der Waals surface area contributed by atoms with E-state index in [2.05, 4.69) is 0 Å². The number of fused-ring (bicyclic) bond motifs is 1. The van der Waals surface area contributed by atoms with Crippen LogP contribution in [-0.4, -0.2) is 116 Å². The van der Waals surface area contributed by atoms with Crippen molar-refractivity contribution < 1.29 is 69.0 Å². The average molecular weight is 595 g/mol. The zero-order valence-corrected chi connectivity index (χ0v) is 22.0. The van der Waals surface area contributed by atoms with Gasteiger partial charge in [0, 0.05) is 23.8 Å². The van der Waals surface area contributed by atoms with Gasteiger partial charge in [0.1, 0.15) is 76.7 Å². The predicted octanol–water partition coefficient (Wildman–Crippen LogP) is -1.87. The van der Waals surface area contributed by atoms with Gasteiger partial charge in [0.05, 0.1) is 13.7 Å². The highest BCUT2D eigenvalue weighted by atomic mass is 16.8. The molecule has 228 valence electrons. The van der Waals surface area contributed by atoms with Gasteiger partial charge < -0.3 is 69.0 Å². The van der Waals surface area contributed by atoms with Gasteiger partial charge in [-0.05, 0) is 24.3 Å². The first kappa shape index (κ1) is 30.1. The van der Waals surface area contributed by atoms with Crippen LogP contribution >= 0.6 is 0 Å². The number of hydrogen-bond acceptors (Lipinski definition) is 15. The van der Waals surface area contributed by atoms with Gasteiger partial charge in [-0.1, -0.05) is 0 Å². The number of phenolic OH excluding ortho intramolecular Hbond substituents is 1. The highest BCUT2D eigenvalue weighted by molar-refractivity contribution is 5.86. The zero-order valence-electron chi connectivity index (χ0n) is 22.0. The Balaban J connectivity index is 1.35. The van der Waals surface area contributed by atoms with E-state index in [9.17, 15) is 45.6 Å². The van der Waals surface area contributed by atoms with Crippen LogP contribution in [0.2, 0.25) is 0 Å². The number of aromatic hydroxyl groups is 1. The number of hydrogen-bond donors (Lipinski definition) is 8. The standard InChI is InChI=1S/C27H30O15/c1-37-11-4-2-10(3-5-11)15-8-14(29)18-13(28)6-12(7-16(18)40-15)39-27-24(35)20(31)19(30)17(41-27)9-38-26-23(34)21(32)22(33)25(36)42-26/h2-8,17,19-28,30-36H,9H2,1H3. The number of aliphatic hydroxyl groups excluding tert-OH is 7. The van der Waals surface area contributed by atoms with Crippen LogP contribution < -0.4 is 14.9 Å². The maximum Gasteiger partial charge on any atom is 0.229 e. The third-order valence-electron chi connectivity index (χ3n) is 7.05. The van der Waals surface area contributed by atoms with Crippen LogP contribution in [0.5, 0.6) is 17.2 Å². The fourth-order valence-electron chi connectivity index (χ4n) is 4.65. The van der Waals surface area contributed by atoms with E-state index in [1.165, 1.54) is 19.2 Å². The van der Waals surface area contributed by atoms with Crippen LogP contribution in [0.4, 0.5) is 0 Å². The van der Waals surface area contributed by atoms with Gasteiger partial charge >= 0.3 is 0 Å². The van der Waals surface area contributed by atoms with Gasteiger partial charge in [-0.15, -0.1) is 0 Å². The summed E-state index contributed by atoms with van der Waals surface area (Å²) in [7, 11) is 1.51. The van der Waals surface area contributed by atoms with Crippen molar-refractivity contribution in [2.45, 2.75) is 61.6 Å². The highest BCUT2D eigenvalue weighted by Crippen LogP contribution is 2.34. The van der Waals surface area contributed by atoms with Crippen molar-refractivity contribution in [3.63, 3.8) is 0 Å². The minimum atomic E-state index is -1.88. The quantitative estimate of drug-likeness (QED) is 0.150. The first-order valence-electron chi connectivity index (χ1n) is 12.8. The molecule has 5 rings (SSSR count). The molecule has 0 amide bonds. The lowest BCUT2D eigenvalue weighted by atomic mass is 9.99. The molecule has 42 heavy (non-hydrogen) atoms. The minimum Gasteiger partial charge on any atom is -0.507 e. The number of rotatable bonds is 7. The maximum absolute atomic E-state index is 12.8. The molecule has 0 aliphatic carbocycles. The first-order valence-corrected chi connectivity index (χ1v) is 12.8. The van der Waals surface area contributed by atoms with E-state index in [0.717, 1.165) is 6.07 Å². The van der Waals surface area contributed by atoms with Gasteiger partial charge in [-0.25, -0.2) is 0 Å². The summed E-state index contributed by atoms with van der Waals surface area (Å²) in [6.07, 6.45) is -17.2. The van der Waals surface area contributed by atoms with Crippen LogP contribution in [0.25, 0.3) is 22.3 Å². The fourth-order valence-corrected chi connectivity index (χ4v) is 4.65. The maximum atomic E-state index is 12.8. The molecule has 0 radical (unpaired) electrons. The predicted molar refractivity (Wildman–Crippen MR) is 138 cm³/mol. The Morgan fingerprint density at radius 1 is 0.762 bits per heavy atom. The lowest BCUT2D eigenvalue weighted by molar-refractivity contribution is -0.350. The van der Waals surface area contributed by atoms with E-state index in [4.69, 9.17) is 28.1 Å². The van der Waals surface area contributed by atoms with Crippen molar-refractivity contribution >= 4 is 11.0 Å². The average Bonchev–Trinajstić information content (AvgIpc) is 2.97. The van der Waals surface area contributed by atoms with Gasteiger partial charge in [-0.3, -0.25) is 4.79 Å². The van der Waals surface area contributed by atoms with E-state index >= 15 is 0 Å². The van der Waals surface area contributed by atoms with E-state index in [1.54, 1.807) is 24.3 Å². The van der Waals surface area contributed by atoms with E-state index in [-0.39, 0.29) is 22.5 Å². The lowest BCUT2D eigenvalue weighted by Gasteiger charge is -2.42. The summed E-state index contributed by atoms with van der Waals surface area (Å²) in [6, 6.07) is 10.2. The molecular weight excluding hydrogens is 564 g/mol. The van der Waals surface area contributed by atoms with Crippen molar-refractivity contribution in [1.82, 2.24) is 0 Å². The lowest BCUT2D eigenvalue weighted by Crippen LogP contribution is -2.61. The van der Waals surface area contributed by atoms with Crippen LogP contribution in [0.15, 0.2) is 51.7 Å². The van der Waals surface area contributed by atoms with E-state index in [0.29, 0.717) is 11.3 Å². The Hall–Kier alpha value is -3.35. The van der Waals surface area contributed by atoms with Gasteiger partial charge in [0.15, 0.2) is 18.0 Å². The van der Waals surface area contributed by atoms with Crippen molar-refractivity contribution in [3.05, 3.63) is 52.7 Å². The van der Waals surface area contributed by atoms with E-state index < -0.39 is 79.4 Å². The number of methoxy groups -OCH3 is 1. The molecular formula is C27H30O15. The zero-order chi connectivity index (χ0) is 30.3. The summed E-state index contributed by atoms with van der Waals surface area (Å²) in [4.78, 5) is 12.8. The number of ether oxygens (including phenoxy) is 5. The highest BCUT2D eigenvalue weighted by Gasteiger charge is 2.47. The second-order valence-corrected chi connectivity index (χ2v) is 9.85. The summed E-state index contributed by atoms with van der Waals surface area (Å²) < 4.78 is 32.4. The number of aliphatic hydroxyl groups is 7. The fraction of sp³-hybridized carbons (Fsp3) is 0.444. The summed E-state index contributed by atoms with van der Waals surface area (Å²) in [5.74, 6) is 0.152. The Kier molecular flexibility index (Phi) is 8.68. The van der Waals surface area contributed by atoms with Crippen molar-refractivity contribution in [3.8, 4) is 28.6 Å².